The van der Waals surface area contributed by atoms with Crippen molar-refractivity contribution >= 4 is 5.69 Å². The first-order valence-electron chi connectivity index (χ1n) is 8.35. The Morgan fingerprint density at radius 1 is 1.24 bits per heavy atom. The predicted molar refractivity (Wildman–Crippen MR) is 96.8 cm³/mol. The van der Waals surface area contributed by atoms with Gasteiger partial charge in [0.15, 0.2) is 0 Å². The van der Waals surface area contributed by atoms with Crippen LogP contribution in [0, 0.1) is 17.0 Å². The number of non-ortho nitro benzene ring substituents is 1. The van der Waals surface area contributed by atoms with Gasteiger partial charge in [0.25, 0.3) is 5.69 Å². The van der Waals surface area contributed by atoms with Crippen LogP contribution in [0.15, 0.2) is 48.5 Å². The molecule has 0 spiro atoms. The maximum atomic E-state index is 10.7. The molecule has 0 bridgehead atoms. The highest BCUT2D eigenvalue weighted by Gasteiger charge is 2.13. The molecule has 2 aromatic rings. The molecule has 6 heteroatoms. The van der Waals surface area contributed by atoms with Gasteiger partial charge in [-0.15, -0.1) is 0 Å². The fraction of sp³-hybridized carbons (Fsp3) is 0.368. The van der Waals surface area contributed by atoms with Crippen LogP contribution in [-0.4, -0.2) is 29.3 Å². The fourth-order valence-electron chi connectivity index (χ4n) is 2.51. The standard InChI is InChI=1S/C19H24N2O4/c1-3-19(15-9-7-14(2)8-10-15)20-12-17(22)13-25-18-6-4-5-16(11-18)21(23)24/h4-11,17,19-20,22H,3,12-13H2,1-2H3. The normalized spacial score (nSPS) is 13.2. The molecule has 2 unspecified atom stereocenters. The van der Waals surface area contributed by atoms with Gasteiger partial charge in [0.05, 0.1) is 11.0 Å². The van der Waals surface area contributed by atoms with Crippen LogP contribution in [0.2, 0.25) is 0 Å². The number of nitrogens with one attached hydrogen (secondary N) is 1. The first kappa shape index (κ1) is 18.9. The van der Waals surface area contributed by atoms with Crippen LogP contribution < -0.4 is 10.1 Å². The molecule has 0 aliphatic rings. The number of rotatable bonds is 9. The molecule has 0 saturated carbocycles. The molecule has 0 aromatic heterocycles. The average Bonchev–Trinajstić information content (AvgIpc) is 2.62. The van der Waals surface area contributed by atoms with E-state index in [2.05, 4.69) is 36.5 Å². The molecule has 2 N–H and O–H groups in total. The minimum Gasteiger partial charge on any atom is -0.491 e. The molecule has 0 radical (unpaired) electrons. The average molecular weight is 344 g/mol. The molecule has 6 nitrogen and oxygen atoms in total. The quantitative estimate of drug-likeness (QED) is 0.538. The Morgan fingerprint density at radius 2 is 1.96 bits per heavy atom. The van der Waals surface area contributed by atoms with E-state index in [1.165, 1.54) is 23.3 Å². The smallest absolute Gasteiger partial charge is 0.273 e. The summed E-state index contributed by atoms with van der Waals surface area (Å²) in [5, 5.41) is 24.2. The lowest BCUT2D eigenvalue weighted by Crippen LogP contribution is -2.33. The van der Waals surface area contributed by atoms with Gasteiger partial charge < -0.3 is 15.2 Å². The second kappa shape index (κ2) is 9.15. The summed E-state index contributed by atoms with van der Waals surface area (Å²) in [4.78, 5) is 10.3. The third-order valence-corrected chi connectivity index (χ3v) is 3.96. The molecule has 2 rings (SSSR count). The topological polar surface area (TPSA) is 84.6 Å². The lowest BCUT2D eigenvalue weighted by Gasteiger charge is -2.20. The number of nitro benzene ring substituents is 1. The first-order valence-corrected chi connectivity index (χ1v) is 8.35. The van der Waals surface area contributed by atoms with E-state index in [4.69, 9.17) is 4.74 Å². The lowest BCUT2D eigenvalue weighted by atomic mass is 10.0. The third-order valence-electron chi connectivity index (χ3n) is 3.96. The summed E-state index contributed by atoms with van der Waals surface area (Å²) < 4.78 is 5.45. The predicted octanol–water partition coefficient (Wildman–Crippen LogP) is 3.38. The van der Waals surface area contributed by atoms with Crippen molar-refractivity contribution in [1.29, 1.82) is 0 Å². The van der Waals surface area contributed by atoms with Gasteiger partial charge >= 0.3 is 0 Å². The maximum Gasteiger partial charge on any atom is 0.273 e. The van der Waals surface area contributed by atoms with Gasteiger partial charge in [0, 0.05) is 18.7 Å². The van der Waals surface area contributed by atoms with Crippen molar-refractivity contribution in [2.45, 2.75) is 32.4 Å². The van der Waals surface area contributed by atoms with E-state index in [1.54, 1.807) is 12.1 Å². The van der Waals surface area contributed by atoms with Crippen molar-refractivity contribution in [1.82, 2.24) is 5.32 Å². The second-order valence-corrected chi connectivity index (χ2v) is 6.00. The number of aliphatic hydroxyl groups is 1. The van der Waals surface area contributed by atoms with E-state index >= 15 is 0 Å². The van der Waals surface area contributed by atoms with Crippen molar-refractivity contribution < 1.29 is 14.8 Å². The van der Waals surface area contributed by atoms with Crippen molar-refractivity contribution in [2.24, 2.45) is 0 Å². The van der Waals surface area contributed by atoms with Gasteiger partial charge in [-0.3, -0.25) is 10.1 Å². The molecule has 25 heavy (non-hydrogen) atoms. The molecule has 0 saturated heterocycles. The van der Waals surface area contributed by atoms with Gasteiger partial charge in [-0.25, -0.2) is 0 Å². The van der Waals surface area contributed by atoms with Gasteiger partial charge in [-0.05, 0) is 25.0 Å². The monoisotopic (exact) mass is 344 g/mol. The first-order chi connectivity index (χ1) is 12.0. The number of nitrogens with zero attached hydrogens (tertiary/aromatic N) is 1. The number of benzene rings is 2. The molecule has 0 heterocycles. The molecular formula is C19H24N2O4. The largest absolute Gasteiger partial charge is 0.491 e. The van der Waals surface area contributed by atoms with Crippen LogP contribution >= 0.6 is 0 Å². The van der Waals surface area contributed by atoms with Crippen molar-refractivity contribution in [3.8, 4) is 5.75 Å². The van der Waals surface area contributed by atoms with Crippen LogP contribution in [0.5, 0.6) is 5.75 Å². The Bertz CT molecular complexity index is 688. The summed E-state index contributed by atoms with van der Waals surface area (Å²) in [6.07, 6.45) is 0.195. The van der Waals surface area contributed by atoms with E-state index in [1.807, 2.05) is 6.92 Å². The Kier molecular flexibility index (Phi) is 6.91. The van der Waals surface area contributed by atoms with Crippen molar-refractivity contribution in [3.05, 3.63) is 69.8 Å². The van der Waals surface area contributed by atoms with Crippen molar-refractivity contribution in [3.63, 3.8) is 0 Å². The third kappa shape index (κ3) is 5.85. The lowest BCUT2D eigenvalue weighted by molar-refractivity contribution is -0.384. The summed E-state index contributed by atoms with van der Waals surface area (Å²) >= 11 is 0. The van der Waals surface area contributed by atoms with Crippen molar-refractivity contribution in [2.75, 3.05) is 13.2 Å². The van der Waals surface area contributed by atoms with Crippen LogP contribution in [0.1, 0.15) is 30.5 Å². The Morgan fingerprint density at radius 3 is 2.60 bits per heavy atom. The van der Waals surface area contributed by atoms with E-state index in [0.29, 0.717) is 12.3 Å². The number of hydrogen-bond acceptors (Lipinski definition) is 5. The molecular weight excluding hydrogens is 320 g/mol. The summed E-state index contributed by atoms with van der Waals surface area (Å²) in [7, 11) is 0. The number of aliphatic hydroxyl groups excluding tert-OH is 1. The zero-order chi connectivity index (χ0) is 18.2. The van der Waals surface area contributed by atoms with E-state index in [-0.39, 0.29) is 18.3 Å². The second-order valence-electron chi connectivity index (χ2n) is 6.00. The summed E-state index contributed by atoms with van der Waals surface area (Å²) in [6.45, 7) is 4.58. The van der Waals surface area contributed by atoms with Gasteiger partial charge in [0.1, 0.15) is 18.5 Å². The molecule has 0 fully saturated rings. The highest BCUT2D eigenvalue weighted by Crippen LogP contribution is 2.19. The molecule has 0 amide bonds. The maximum absolute atomic E-state index is 10.7. The summed E-state index contributed by atoms with van der Waals surface area (Å²) in [5.74, 6) is 0.374. The van der Waals surface area contributed by atoms with Gasteiger partial charge in [-0.1, -0.05) is 42.8 Å². The number of hydrogen-bond donors (Lipinski definition) is 2. The van der Waals surface area contributed by atoms with Crippen LogP contribution in [0.25, 0.3) is 0 Å². The minimum absolute atomic E-state index is 0.0319. The van der Waals surface area contributed by atoms with Crippen LogP contribution in [0.3, 0.4) is 0 Å². The highest BCUT2D eigenvalue weighted by molar-refractivity contribution is 5.37. The van der Waals surface area contributed by atoms with E-state index in [9.17, 15) is 15.2 Å². The number of nitro groups is 1. The SMILES string of the molecule is CCC(NCC(O)COc1cccc([N+](=O)[O-])c1)c1ccc(C)cc1. The molecule has 0 aliphatic heterocycles. The number of aryl methyl sites for hydroxylation is 1. The Balaban J connectivity index is 1.83. The summed E-state index contributed by atoms with van der Waals surface area (Å²) in [6, 6.07) is 14.4. The van der Waals surface area contributed by atoms with E-state index < -0.39 is 11.0 Å². The fourth-order valence-corrected chi connectivity index (χ4v) is 2.51. The van der Waals surface area contributed by atoms with Gasteiger partial charge in [0.2, 0.25) is 0 Å². The molecule has 2 aromatic carbocycles. The highest BCUT2D eigenvalue weighted by atomic mass is 16.6. The van der Waals surface area contributed by atoms with Crippen LogP contribution in [0.4, 0.5) is 5.69 Å². The summed E-state index contributed by atoms with van der Waals surface area (Å²) in [5.41, 5.74) is 2.36. The zero-order valence-corrected chi connectivity index (χ0v) is 14.5. The van der Waals surface area contributed by atoms with Gasteiger partial charge in [-0.2, -0.15) is 0 Å². The number of ether oxygens (including phenoxy) is 1. The van der Waals surface area contributed by atoms with Crippen LogP contribution in [-0.2, 0) is 0 Å². The zero-order valence-electron chi connectivity index (χ0n) is 14.5. The minimum atomic E-state index is -0.709. The Hall–Kier alpha value is -2.44. The van der Waals surface area contributed by atoms with E-state index in [0.717, 1.165) is 6.42 Å². The molecule has 0 aliphatic carbocycles. The Labute approximate surface area is 147 Å². The molecule has 134 valence electrons. The molecule has 2 atom stereocenters.